The monoisotopic (exact) mass is 331 g/mol. The first-order valence-electron chi connectivity index (χ1n) is 9.72. The highest BCUT2D eigenvalue weighted by atomic mass is 16.2. The van der Waals surface area contributed by atoms with E-state index >= 15 is 0 Å². The lowest BCUT2D eigenvalue weighted by atomic mass is 9.84. The van der Waals surface area contributed by atoms with E-state index in [0.29, 0.717) is 5.91 Å². The third kappa shape index (κ3) is 2.96. The SMILES string of the molecule is NC1CCCC(C(=O)N2CCCCC2c2nnc3n2CCCC3)C1. The number of carbonyl (C=O) groups excluding carboxylic acids is 1. The Hall–Kier alpha value is -1.43. The molecule has 0 radical (unpaired) electrons. The number of aromatic nitrogens is 3. The number of carbonyl (C=O) groups is 1. The molecule has 3 aliphatic rings. The molecule has 2 aliphatic heterocycles. The van der Waals surface area contributed by atoms with E-state index < -0.39 is 0 Å². The lowest BCUT2D eigenvalue weighted by Gasteiger charge is -2.39. The summed E-state index contributed by atoms with van der Waals surface area (Å²) in [6.45, 7) is 1.86. The maximum atomic E-state index is 13.2. The van der Waals surface area contributed by atoms with Gasteiger partial charge in [0.1, 0.15) is 5.82 Å². The Morgan fingerprint density at radius 2 is 1.88 bits per heavy atom. The molecule has 0 spiro atoms. The minimum atomic E-state index is 0.109. The van der Waals surface area contributed by atoms with Gasteiger partial charge in [-0.2, -0.15) is 0 Å². The van der Waals surface area contributed by atoms with Crippen LogP contribution in [0.1, 0.15) is 75.5 Å². The highest BCUT2D eigenvalue weighted by Crippen LogP contribution is 2.35. The Bertz CT molecular complexity index is 598. The molecule has 2 N–H and O–H groups in total. The van der Waals surface area contributed by atoms with Crippen LogP contribution in [0.15, 0.2) is 0 Å². The first kappa shape index (κ1) is 16.1. The van der Waals surface area contributed by atoms with Crippen molar-refractivity contribution in [1.82, 2.24) is 19.7 Å². The molecule has 3 heterocycles. The quantitative estimate of drug-likeness (QED) is 0.901. The molecule has 0 aromatic carbocycles. The van der Waals surface area contributed by atoms with Gasteiger partial charge in [-0.25, -0.2) is 0 Å². The lowest BCUT2D eigenvalue weighted by Crippen LogP contribution is -2.45. The number of aryl methyl sites for hydroxylation is 1. The molecule has 6 heteroatoms. The van der Waals surface area contributed by atoms with Crippen molar-refractivity contribution < 1.29 is 4.79 Å². The van der Waals surface area contributed by atoms with Gasteiger partial charge in [0.2, 0.25) is 5.91 Å². The molecule has 4 rings (SSSR count). The van der Waals surface area contributed by atoms with Crippen LogP contribution in [0.25, 0.3) is 0 Å². The molecule has 24 heavy (non-hydrogen) atoms. The zero-order valence-corrected chi connectivity index (χ0v) is 14.5. The summed E-state index contributed by atoms with van der Waals surface area (Å²) in [6.07, 6.45) is 10.7. The molecule has 132 valence electrons. The number of hydrogen-bond donors (Lipinski definition) is 1. The summed E-state index contributed by atoms with van der Waals surface area (Å²) in [4.78, 5) is 15.3. The number of amides is 1. The van der Waals surface area contributed by atoms with Crippen molar-refractivity contribution in [3.63, 3.8) is 0 Å². The number of fused-ring (bicyclic) bond motifs is 1. The van der Waals surface area contributed by atoms with Gasteiger partial charge in [-0.3, -0.25) is 4.79 Å². The number of hydrogen-bond acceptors (Lipinski definition) is 4. The van der Waals surface area contributed by atoms with Crippen LogP contribution in [0, 0.1) is 5.92 Å². The Labute approximate surface area is 143 Å². The van der Waals surface area contributed by atoms with Crippen LogP contribution in [-0.2, 0) is 17.8 Å². The summed E-state index contributed by atoms with van der Waals surface area (Å²) in [5, 5.41) is 8.91. The van der Waals surface area contributed by atoms with Gasteiger partial charge in [0.05, 0.1) is 6.04 Å². The Morgan fingerprint density at radius 3 is 2.75 bits per heavy atom. The van der Waals surface area contributed by atoms with E-state index in [1.807, 2.05) is 0 Å². The second-order valence-corrected chi connectivity index (χ2v) is 7.75. The summed E-state index contributed by atoms with van der Waals surface area (Å²) in [5.41, 5.74) is 6.12. The van der Waals surface area contributed by atoms with E-state index in [0.717, 1.165) is 69.7 Å². The third-order valence-electron chi connectivity index (χ3n) is 6.04. The molecule has 1 saturated carbocycles. The number of nitrogens with zero attached hydrogens (tertiary/aromatic N) is 4. The normalized spacial score (nSPS) is 30.9. The standard InChI is InChI=1S/C18H29N5O/c19-14-7-5-6-13(12-14)18(24)22-10-3-1-8-15(22)17-21-20-16-9-2-4-11-23(16)17/h13-15H,1-12,19H2. The van der Waals surface area contributed by atoms with Crippen molar-refractivity contribution in [2.45, 2.75) is 82.8 Å². The fourth-order valence-electron chi connectivity index (χ4n) is 4.73. The molecular formula is C18H29N5O. The van der Waals surface area contributed by atoms with E-state index in [-0.39, 0.29) is 18.0 Å². The second kappa shape index (κ2) is 6.82. The van der Waals surface area contributed by atoms with Gasteiger partial charge in [0.15, 0.2) is 5.82 Å². The van der Waals surface area contributed by atoms with E-state index in [2.05, 4.69) is 19.7 Å². The van der Waals surface area contributed by atoms with Crippen LogP contribution in [0.2, 0.25) is 0 Å². The summed E-state index contributed by atoms with van der Waals surface area (Å²) in [5.74, 6) is 2.55. The topological polar surface area (TPSA) is 77.0 Å². The van der Waals surface area contributed by atoms with Crippen molar-refractivity contribution >= 4 is 5.91 Å². The molecule has 1 aromatic heterocycles. The fraction of sp³-hybridized carbons (Fsp3) is 0.833. The van der Waals surface area contributed by atoms with Crippen LogP contribution in [0.3, 0.4) is 0 Å². The maximum Gasteiger partial charge on any atom is 0.226 e. The van der Waals surface area contributed by atoms with Gasteiger partial charge >= 0.3 is 0 Å². The summed E-state index contributed by atoms with van der Waals surface area (Å²) in [6, 6.07) is 0.306. The van der Waals surface area contributed by atoms with Crippen molar-refractivity contribution in [1.29, 1.82) is 0 Å². The molecule has 6 nitrogen and oxygen atoms in total. The molecule has 1 aromatic rings. The molecule has 2 fully saturated rings. The molecule has 1 aliphatic carbocycles. The van der Waals surface area contributed by atoms with Gasteiger partial charge in [0, 0.05) is 31.5 Å². The number of likely N-dealkylation sites (tertiary alicyclic amines) is 1. The minimum absolute atomic E-state index is 0.109. The second-order valence-electron chi connectivity index (χ2n) is 7.75. The van der Waals surface area contributed by atoms with Gasteiger partial charge in [0.25, 0.3) is 0 Å². The van der Waals surface area contributed by atoms with E-state index in [1.165, 1.54) is 19.3 Å². The average Bonchev–Trinajstić information content (AvgIpc) is 3.05. The highest BCUT2D eigenvalue weighted by molar-refractivity contribution is 5.79. The summed E-state index contributed by atoms with van der Waals surface area (Å²) >= 11 is 0. The maximum absolute atomic E-state index is 13.2. The number of rotatable bonds is 2. The first-order chi connectivity index (χ1) is 11.7. The van der Waals surface area contributed by atoms with Crippen molar-refractivity contribution in [2.24, 2.45) is 11.7 Å². The van der Waals surface area contributed by atoms with Crippen LogP contribution in [-0.4, -0.2) is 38.2 Å². The lowest BCUT2D eigenvalue weighted by molar-refractivity contribution is -0.141. The Kier molecular flexibility index (Phi) is 4.57. The Balaban J connectivity index is 1.57. The van der Waals surface area contributed by atoms with Gasteiger partial charge in [-0.1, -0.05) is 6.42 Å². The van der Waals surface area contributed by atoms with E-state index in [4.69, 9.17) is 5.73 Å². The largest absolute Gasteiger partial charge is 0.332 e. The molecule has 3 atom stereocenters. The van der Waals surface area contributed by atoms with Crippen molar-refractivity contribution in [3.8, 4) is 0 Å². The minimum Gasteiger partial charge on any atom is -0.332 e. The first-order valence-corrected chi connectivity index (χ1v) is 9.72. The number of nitrogens with two attached hydrogens (primary N) is 1. The highest BCUT2D eigenvalue weighted by Gasteiger charge is 2.37. The smallest absolute Gasteiger partial charge is 0.226 e. The van der Waals surface area contributed by atoms with Crippen LogP contribution >= 0.6 is 0 Å². The predicted molar refractivity (Wildman–Crippen MR) is 91.2 cm³/mol. The molecule has 3 unspecified atom stereocenters. The predicted octanol–water partition coefficient (Wildman–Crippen LogP) is 2.19. The molecule has 0 bridgehead atoms. The zero-order chi connectivity index (χ0) is 16.5. The van der Waals surface area contributed by atoms with Crippen molar-refractivity contribution in [3.05, 3.63) is 11.6 Å². The number of piperidine rings is 1. The Morgan fingerprint density at radius 1 is 1.00 bits per heavy atom. The summed E-state index contributed by atoms with van der Waals surface area (Å²) < 4.78 is 2.28. The fourth-order valence-corrected chi connectivity index (χ4v) is 4.73. The van der Waals surface area contributed by atoms with E-state index in [1.54, 1.807) is 0 Å². The van der Waals surface area contributed by atoms with E-state index in [9.17, 15) is 4.79 Å². The third-order valence-corrected chi connectivity index (χ3v) is 6.04. The molecule has 1 saturated heterocycles. The van der Waals surface area contributed by atoms with Gasteiger partial charge in [-0.15, -0.1) is 10.2 Å². The molecular weight excluding hydrogens is 302 g/mol. The summed E-state index contributed by atoms with van der Waals surface area (Å²) in [7, 11) is 0. The average molecular weight is 331 g/mol. The van der Waals surface area contributed by atoms with Crippen LogP contribution in [0.4, 0.5) is 0 Å². The van der Waals surface area contributed by atoms with Gasteiger partial charge < -0.3 is 15.2 Å². The van der Waals surface area contributed by atoms with Gasteiger partial charge in [-0.05, 0) is 51.4 Å². The zero-order valence-electron chi connectivity index (χ0n) is 14.5. The van der Waals surface area contributed by atoms with Crippen LogP contribution in [0.5, 0.6) is 0 Å². The molecule has 1 amide bonds. The van der Waals surface area contributed by atoms with Crippen molar-refractivity contribution in [2.75, 3.05) is 6.54 Å². The van der Waals surface area contributed by atoms with Crippen LogP contribution < -0.4 is 5.73 Å².